The van der Waals surface area contributed by atoms with E-state index in [9.17, 15) is 4.79 Å². The van der Waals surface area contributed by atoms with E-state index in [2.05, 4.69) is 35.6 Å². The van der Waals surface area contributed by atoms with Crippen LogP contribution in [0.25, 0.3) is 0 Å². The fourth-order valence-electron chi connectivity index (χ4n) is 3.55. The van der Waals surface area contributed by atoms with Crippen molar-refractivity contribution in [2.45, 2.75) is 44.9 Å². The summed E-state index contributed by atoms with van der Waals surface area (Å²) in [6.45, 7) is 1.66. The molecule has 1 aliphatic carbocycles. The lowest BCUT2D eigenvalue weighted by atomic mass is 9.77. The lowest BCUT2D eigenvalue weighted by Crippen LogP contribution is -2.36. The van der Waals surface area contributed by atoms with E-state index in [1.807, 2.05) is 19.0 Å². The fraction of sp³-hybridized carbons (Fsp3) is 0.632. The minimum Gasteiger partial charge on any atom is -0.344 e. The van der Waals surface area contributed by atoms with Gasteiger partial charge in [0.25, 0.3) is 0 Å². The van der Waals surface area contributed by atoms with Crippen molar-refractivity contribution < 1.29 is 4.79 Å². The highest BCUT2D eigenvalue weighted by atomic mass is 16.2. The normalized spacial score (nSPS) is 16.6. The Labute approximate surface area is 135 Å². The topological polar surface area (TPSA) is 32.3 Å². The Kier molecular flexibility index (Phi) is 6.44. The van der Waals surface area contributed by atoms with Gasteiger partial charge in [0.05, 0.1) is 0 Å². The summed E-state index contributed by atoms with van der Waals surface area (Å²) in [5.74, 6) is 0.310. The van der Waals surface area contributed by atoms with Crippen LogP contribution in [0.3, 0.4) is 0 Å². The Hall–Kier alpha value is -1.35. The van der Waals surface area contributed by atoms with Crippen molar-refractivity contribution in [1.82, 2.24) is 10.2 Å². The number of nitrogens with zero attached hydrogens (tertiary/aromatic N) is 1. The van der Waals surface area contributed by atoms with Gasteiger partial charge in [-0.05, 0) is 43.7 Å². The van der Waals surface area contributed by atoms with E-state index in [1.54, 1.807) is 0 Å². The number of carbonyl (C=O) groups is 1. The minimum absolute atomic E-state index is 0.237. The number of carbonyl (C=O) groups excluding carboxylic acids is 1. The van der Waals surface area contributed by atoms with E-state index in [0.717, 1.165) is 32.4 Å². The van der Waals surface area contributed by atoms with Crippen LogP contribution in [0.2, 0.25) is 0 Å². The SMILES string of the molecule is CNCCN(C)C(=O)CC1(CCc2ccccc2)CCCC1. The lowest BCUT2D eigenvalue weighted by molar-refractivity contribution is -0.132. The Morgan fingerprint density at radius 2 is 1.91 bits per heavy atom. The van der Waals surface area contributed by atoms with Crippen LogP contribution in [0.1, 0.15) is 44.1 Å². The summed E-state index contributed by atoms with van der Waals surface area (Å²) < 4.78 is 0. The molecule has 122 valence electrons. The van der Waals surface area contributed by atoms with Crippen LogP contribution in [0.4, 0.5) is 0 Å². The maximum Gasteiger partial charge on any atom is 0.222 e. The second-order valence-corrected chi connectivity index (χ2v) is 6.79. The van der Waals surface area contributed by atoms with Crippen LogP contribution >= 0.6 is 0 Å². The molecule has 1 aromatic carbocycles. The number of nitrogens with one attached hydrogen (secondary N) is 1. The van der Waals surface area contributed by atoms with E-state index in [1.165, 1.54) is 31.2 Å². The molecule has 0 radical (unpaired) electrons. The van der Waals surface area contributed by atoms with E-state index in [4.69, 9.17) is 0 Å². The number of rotatable bonds is 8. The molecule has 1 N–H and O–H groups in total. The highest BCUT2D eigenvalue weighted by Crippen LogP contribution is 2.45. The summed E-state index contributed by atoms with van der Waals surface area (Å²) in [5, 5.41) is 3.11. The number of aryl methyl sites for hydroxylation is 1. The molecule has 2 rings (SSSR count). The quantitative estimate of drug-likeness (QED) is 0.799. The van der Waals surface area contributed by atoms with Gasteiger partial charge >= 0.3 is 0 Å². The van der Waals surface area contributed by atoms with Crippen molar-refractivity contribution in [3.63, 3.8) is 0 Å². The summed E-state index contributed by atoms with van der Waals surface area (Å²) in [6.07, 6.45) is 7.94. The van der Waals surface area contributed by atoms with Gasteiger partial charge in [-0.2, -0.15) is 0 Å². The monoisotopic (exact) mass is 302 g/mol. The molecule has 1 fully saturated rings. The molecule has 0 aliphatic heterocycles. The zero-order valence-corrected chi connectivity index (χ0v) is 14.1. The Balaban J connectivity index is 1.92. The molecule has 0 spiro atoms. The second-order valence-electron chi connectivity index (χ2n) is 6.79. The maximum atomic E-state index is 12.5. The van der Waals surface area contributed by atoms with Crippen LogP contribution in [-0.2, 0) is 11.2 Å². The lowest BCUT2D eigenvalue weighted by Gasteiger charge is -2.30. The van der Waals surface area contributed by atoms with Gasteiger partial charge in [0.15, 0.2) is 0 Å². The third kappa shape index (κ3) is 4.84. The number of amides is 1. The van der Waals surface area contributed by atoms with Crippen LogP contribution in [-0.4, -0.2) is 38.0 Å². The summed E-state index contributed by atoms with van der Waals surface area (Å²) in [4.78, 5) is 14.4. The van der Waals surface area contributed by atoms with Gasteiger partial charge in [0.2, 0.25) is 5.91 Å². The molecule has 0 heterocycles. The van der Waals surface area contributed by atoms with Gasteiger partial charge in [0, 0.05) is 26.6 Å². The highest BCUT2D eigenvalue weighted by molar-refractivity contribution is 5.76. The van der Waals surface area contributed by atoms with Gasteiger partial charge in [-0.1, -0.05) is 43.2 Å². The van der Waals surface area contributed by atoms with Crippen molar-refractivity contribution >= 4 is 5.91 Å². The maximum absolute atomic E-state index is 12.5. The third-order valence-corrected chi connectivity index (χ3v) is 5.10. The molecule has 1 amide bonds. The number of benzene rings is 1. The predicted molar refractivity (Wildman–Crippen MR) is 91.8 cm³/mol. The molecular formula is C19H30N2O. The third-order valence-electron chi connectivity index (χ3n) is 5.10. The fourth-order valence-corrected chi connectivity index (χ4v) is 3.55. The molecule has 1 aromatic rings. The Morgan fingerprint density at radius 1 is 1.23 bits per heavy atom. The molecule has 0 atom stereocenters. The molecule has 1 aliphatic rings. The Bertz CT molecular complexity index is 452. The first-order valence-electron chi connectivity index (χ1n) is 8.58. The van der Waals surface area contributed by atoms with Gasteiger partial charge < -0.3 is 10.2 Å². The second kappa shape index (κ2) is 8.33. The van der Waals surface area contributed by atoms with Crippen molar-refractivity contribution in [1.29, 1.82) is 0 Å². The highest BCUT2D eigenvalue weighted by Gasteiger charge is 2.36. The van der Waals surface area contributed by atoms with Crippen LogP contribution in [0.15, 0.2) is 30.3 Å². The van der Waals surface area contributed by atoms with E-state index < -0.39 is 0 Å². The van der Waals surface area contributed by atoms with Crippen LogP contribution in [0, 0.1) is 5.41 Å². The first-order chi connectivity index (χ1) is 10.7. The van der Waals surface area contributed by atoms with Gasteiger partial charge in [-0.15, -0.1) is 0 Å². The molecule has 0 unspecified atom stereocenters. The number of hydrogen-bond donors (Lipinski definition) is 1. The molecule has 3 heteroatoms. The average molecular weight is 302 g/mol. The standard InChI is InChI=1S/C19H30N2O/c1-20-14-15-21(2)18(22)16-19(11-6-7-12-19)13-10-17-8-4-3-5-9-17/h3-5,8-9,20H,6-7,10-16H2,1-2H3. The first-order valence-corrected chi connectivity index (χ1v) is 8.58. The predicted octanol–water partition coefficient (Wildman–Crippen LogP) is 3.25. The van der Waals surface area contributed by atoms with Crippen LogP contribution in [0.5, 0.6) is 0 Å². The largest absolute Gasteiger partial charge is 0.344 e. The Morgan fingerprint density at radius 3 is 2.55 bits per heavy atom. The smallest absolute Gasteiger partial charge is 0.222 e. The average Bonchev–Trinajstić information content (AvgIpc) is 3.00. The van der Waals surface area contributed by atoms with E-state index in [0.29, 0.717) is 5.91 Å². The summed E-state index contributed by atoms with van der Waals surface area (Å²) in [7, 11) is 3.86. The molecule has 0 saturated heterocycles. The molecule has 0 aromatic heterocycles. The van der Waals surface area contributed by atoms with Crippen molar-refractivity contribution in [2.24, 2.45) is 5.41 Å². The van der Waals surface area contributed by atoms with Crippen molar-refractivity contribution in [3.8, 4) is 0 Å². The summed E-state index contributed by atoms with van der Waals surface area (Å²) >= 11 is 0. The van der Waals surface area contributed by atoms with Crippen LogP contribution < -0.4 is 5.32 Å². The zero-order valence-electron chi connectivity index (χ0n) is 14.1. The van der Waals surface area contributed by atoms with Gasteiger partial charge in [-0.25, -0.2) is 0 Å². The molecule has 0 bridgehead atoms. The minimum atomic E-state index is 0.237. The van der Waals surface area contributed by atoms with Crippen molar-refractivity contribution in [2.75, 3.05) is 27.2 Å². The molecule has 22 heavy (non-hydrogen) atoms. The molecule has 3 nitrogen and oxygen atoms in total. The van der Waals surface area contributed by atoms with E-state index in [-0.39, 0.29) is 5.41 Å². The summed E-state index contributed by atoms with van der Waals surface area (Å²) in [6, 6.07) is 10.7. The van der Waals surface area contributed by atoms with Crippen molar-refractivity contribution in [3.05, 3.63) is 35.9 Å². The summed E-state index contributed by atoms with van der Waals surface area (Å²) in [5.41, 5.74) is 1.63. The number of likely N-dealkylation sites (N-methyl/N-ethyl adjacent to an activating group) is 2. The zero-order chi connectivity index (χ0) is 15.8. The number of hydrogen-bond acceptors (Lipinski definition) is 2. The molecule has 1 saturated carbocycles. The van der Waals surface area contributed by atoms with Gasteiger partial charge in [-0.3, -0.25) is 4.79 Å². The van der Waals surface area contributed by atoms with E-state index >= 15 is 0 Å². The van der Waals surface area contributed by atoms with Gasteiger partial charge in [0.1, 0.15) is 0 Å². The molecular weight excluding hydrogens is 272 g/mol. The first kappa shape index (κ1) is 17.0.